The van der Waals surface area contributed by atoms with E-state index in [4.69, 9.17) is 5.11 Å². The molecule has 0 radical (unpaired) electrons. The van der Waals surface area contributed by atoms with Crippen LogP contribution in [0.5, 0.6) is 0 Å². The molecule has 2 aromatic heterocycles. The van der Waals surface area contributed by atoms with Crippen molar-refractivity contribution in [1.82, 2.24) is 20.0 Å². The highest BCUT2D eigenvalue weighted by molar-refractivity contribution is 5.85. The van der Waals surface area contributed by atoms with Gasteiger partial charge >= 0.3 is 5.97 Å². The normalized spacial score (nSPS) is 10.2. The molecule has 0 spiro atoms. The van der Waals surface area contributed by atoms with Crippen LogP contribution in [0.2, 0.25) is 0 Å². The molecule has 0 aromatic carbocycles. The monoisotopic (exact) mass is 178 g/mol. The van der Waals surface area contributed by atoms with Gasteiger partial charge in [0, 0.05) is 6.20 Å². The number of carbonyl (C=O) groups is 1. The summed E-state index contributed by atoms with van der Waals surface area (Å²) in [6.45, 7) is 0. The van der Waals surface area contributed by atoms with Gasteiger partial charge in [0.1, 0.15) is 5.82 Å². The summed E-state index contributed by atoms with van der Waals surface area (Å²) < 4.78 is 1.22. The molecule has 6 heteroatoms. The molecule has 6 nitrogen and oxygen atoms in total. The maximum absolute atomic E-state index is 10.7. The quantitative estimate of drug-likeness (QED) is 0.692. The highest BCUT2D eigenvalue weighted by atomic mass is 16.4. The molecular formula is C7H6N4O2. The second-order valence-electron chi connectivity index (χ2n) is 2.39. The zero-order valence-electron chi connectivity index (χ0n) is 6.51. The Morgan fingerprint density at radius 3 is 3.08 bits per heavy atom. The lowest BCUT2D eigenvalue weighted by molar-refractivity contribution is 0.0687. The van der Waals surface area contributed by atoms with Crippen molar-refractivity contribution in [2.45, 2.75) is 0 Å². The standard InChI is InChI=1S/C7H6N4O2/c12-7(13)5-4-9-10-11(5)6-2-1-3-8-6/h1-4,8H,(H,12,13). The Balaban J connectivity index is 2.52. The Kier molecular flexibility index (Phi) is 1.59. The first-order valence-electron chi connectivity index (χ1n) is 3.57. The Bertz CT molecular complexity index is 417. The van der Waals surface area contributed by atoms with Crippen LogP contribution in [0.4, 0.5) is 0 Å². The summed E-state index contributed by atoms with van der Waals surface area (Å²) in [6, 6.07) is 3.46. The minimum Gasteiger partial charge on any atom is -0.476 e. The van der Waals surface area contributed by atoms with Crippen LogP contribution in [-0.2, 0) is 0 Å². The molecule has 2 heterocycles. The lowest BCUT2D eigenvalue weighted by Gasteiger charge is -1.97. The first kappa shape index (κ1) is 7.53. The highest BCUT2D eigenvalue weighted by Crippen LogP contribution is 2.05. The summed E-state index contributed by atoms with van der Waals surface area (Å²) in [5.41, 5.74) is 0.0300. The van der Waals surface area contributed by atoms with Crippen molar-refractivity contribution in [3.8, 4) is 5.82 Å². The average molecular weight is 178 g/mol. The van der Waals surface area contributed by atoms with Crippen molar-refractivity contribution in [3.05, 3.63) is 30.2 Å². The topological polar surface area (TPSA) is 83.8 Å². The number of nitrogens with zero attached hydrogens (tertiary/aromatic N) is 3. The van der Waals surface area contributed by atoms with Gasteiger partial charge in [0.2, 0.25) is 0 Å². The second kappa shape index (κ2) is 2.74. The molecule has 2 N–H and O–H groups in total. The summed E-state index contributed by atoms with van der Waals surface area (Å²) in [6.07, 6.45) is 2.88. The van der Waals surface area contributed by atoms with Crippen molar-refractivity contribution >= 4 is 5.97 Å². The predicted molar refractivity (Wildman–Crippen MR) is 42.7 cm³/mol. The number of carboxylic acid groups (broad SMARTS) is 1. The van der Waals surface area contributed by atoms with Crippen LogP contribution < -0.4 is 0 Å². The molecule has 0 amide bonds. The second-order valence-corrected chi connectivity index (χ2v) is 2.39. The molecular weight excluding hydrogens is 172 g/mol. The summed E-state index contributed by atoms with van der Waals surface area (Å²) in [5, 5.41) is 15.9. The number of hydrogen-bond donors (Lipinski definition) is 2. The number of H-pyrrole nitrogens is 1. The van der Waals surface area contributed by atoms with Crippen LogP contribution in [-0.4, -0.2) is 31.1 Å². The molecule has 66 valence electrons. The maximum Gasteiger partial charge on any atom is 0.356 e. The third-order valence-electron chi connectivity index (χ3n) is 1.58. The zero-order valence-corrected chi connectivity index (χ0v) is 6.51. The van der Waals surface area contributed by atoms with E-state index in [0.29, 0.717) is 5.82 Å². The number of aromatic amines is 1. The predicted octanol–water partition coefficient (Wildman–Crippen LogP) is 0.294. The molecule has 0 atom stereocenters. The van der Waals surface area contributed by atoms with Gasteiger partial charge in [-0.05, 0) is 12.1 Å². The third-order valence-corrected chi connectivity index (χ3v) is 1.58. The van der Waals surface area contributed by atoms with Crippen molar-refractivity contribution < 1.29 is 9.90 Å². The van der Waals surface area contributed by atoms with Crippen LogP contribution in [0.25, 0.3) is 5.82 Å². The van der Waals surface area contributed by atoms with Crippen molar-refractivity contribution in [1.29, 1.82) is 0 Å². The van der Waals surface area contributed by atoms with Gasteiger partial charge in [-0.15, -0.1) is 5.10 Å². The number of carboxylic acids is 1. The van der Waals surface area contributed by atoms with Gasteiger partial charge in [0.15, 0.2) is 5.69 Å². The van der Waals surface area contributed by atoms with E-state index in [2.05, 4.69) is 15.3 Å². The Hall–Kier alpha value is -2.11. The van der Waals surface area contributed by atoms with Gasteiger partial charge in [-0.1, -0.05) is 5.21 Å². The van der Waals surface area contributed by atoms with E-state index in [0.717, 1.165) is 0 Å². The van der Waals surface area contributed by atoms with Crippen LogP contribution >= 0.6 is 0 Å². The first-order chi connectivity index (χ1) is 6.29. The number of aromatic nitrogens is 4. The molecule has 0 aliphatic carbocycles. The van der Waals surface area contributed by atoms with Gasteiger partial charge in [-0.2, -0.15) is 4.68 Å². The van der Waals surface area contributed by atoms with Gasteiger partial charge in [-0.25, -0.2) is 4.79 Å². The molecule has 2 aromatic rings. The fourth-order valence-corrected chi connectivity index (χ4v) is 1.01. The molecule has 0 aliphatic heterocycles. The van der Waals surface area contributed by atoms with Crippen molar-refractivity contribution in [3.63, 3.8) is 0 Å². The van der Waals surface area contributed by atoms with E-state index in [1.54, 1.807) is 18.3 Å². The Labute approximate surface area is 72.8 Å². The van der Waals surface area contributed by atoms with Crippen LogP contribution in [0.3, 0.4) is 0 Å². The molecule has 0 unspecified atom stereocenters. The van der Waals surface area contributed by atoms with Crippen LogP contribution in [0.15, 0.2) is 24.5 Å². The summed E-state index contributed by atoms with van der Waals surface area (Å²) in [4.78, 5) is 13.5. The fraction of sp³-hybridized carbons (Fsp3) is 0. The maximum atomic E-state index is 10.7. The lowest BCUT2D eigenvalue weighted by atomic mass is 10.4. The molecule has 2 rings (SSSR count). The summed E-state index contributed by atoms with van der Waals surface area (Å²) in [5.74, 6) is -0.477. The SMILES string of the molecule is O=C(O)c1cnnn1-c1ccc[nH]1. The Morgan fingerprint density at radius 2 is 2.46 bits per heavy atom. The van der Waals surface area contributed by atoms with Gasteiger partial charge in [-0.3, -0.25) is 0 Å². The van der Waals surface area contributed by atoms with Crippen LogP contribution in [0, 0.1) is 0 Å². The molecule has 0 saturated heterocycles. The lowest BCUT2D eigenvalue weighted by Crippen LogP contribution is -2.07. The van der Waals surface area contributed by atoms with Gasteiger partial charge in [0.25, 0.3) is 0 Å². The van der Waals surface area contributed by atoms with Crippen LogP contribution in [0.1, 0.15) is 10.5 Å². The van der Waals surface area contributed by atoms with E-state index < -0.39 is 5.97 Å². The Morgan fingerprint density at radius 1 is 1.62 bits per heavy atom. The molecule has 0 aliphatic rings. The minimum absolute atomic E-state index is 0.0300. The summed E-state index contributed by atoms with van der Waals surface area (Å²) in [7, 11) is 0. The van der Waals surface area contributed by atoms with Crippen molar-refractivity contribution in [2.75, 3.05) is 0 Å². The minimum atomic E-state index is -1.06. The number of aromatic carboxylic acids is 1. The van der Waals surface area contributed by atoms with Gasteiger partial charge in [0.05, 0.1) is 6.20 Å². The van der Waals surface area contributed by atoms with E-state index in [1.807, 2.05) is 0 Å². The number of nitrogens with one attached hydrogen (secondary N) is 1. The van der Waals surface area contributed by atoms with Gasteiger partial charge < -0.3 is 10.1 Å². The smallest absolute Gasteiger partial charge is 0.356 e. The molecule has 0 fully saturated rings. The van der Waals surface area contributed by atoms with E-state index in [1.165, 1.54) is 10.9 Å². The summed E-state index contributed by atoms with van der Waals surface area (Å²) >= 11 is 0. The average Bonchev–Trinajstić information content (AvgIpc) is 2.74. The van der Waals surface area contributed by atoms with E-state index in [-0.39, 0.29) is 5.69 Å². The number of hydrogen-bond acceptors (Lipinski definition) is 3. The molecule has 0 saturated carbocycles. The zero-order chi connectivity index (χ0) is 9.26. The fourth-order valence-electron chi connectivity index (χ4n) is 1.01. The number of rotatable bonds is 2. The molecule has 0 bridgehead atoms. The third kappa shape index (κ3) is 1.18. The van der Waals surface area contributed by atoms with E-state index in [9.17, 15) is 4.79 Å². The van der Waals surface area contributed by atoms with Crippen molar-refractivity contribution in [2.24, 2.45) is 0 Å². The highest BCUT2D eigenvalue weighted by Gasteiger charge is 2.12. The van der Waals surface area contributed by atoms with E-state index >= 15 is 0 Å². The molecule has 13 heavy (non-hydrogen) atoms. The first-order valence-corrected chi connectivity index (χ1v) is 3.57. The largest absolute Gasteiger partial charge is 0.476 e.